The third-order valence-electron chi connectivity index (χ3n) is 5.48. The molecule has 1 N–H and O–H groups in total. The van der Waals surface area contributed by atoms with Gasteiger partial charge in [-0.3, -0.25) is 9.52 Å². The average molecular weight is 503 g/mol. The van der Waals surface area contributed by atoms with Crippen LogP contribution in [0, 0.1) is 5.92 Å². The van der Waals surface area contributed by atoms with E-state index in [2.05, 4.69) is 20.7 Å². The summed E-state index contributed by atoms with van der Waals surface area (Å²) in [6.07, 6.45) is -1.28. The molecule has 0 radical (unpaired) electrons. The molecule has 0 spiro atoms. The number of nitrogens with zero attached hydrogens (tertiary/aromatic N) is 1. The minimum atomic E-state index is -4.59. The fourth-order valence-corrected chi connectivity index (χ4v) is 5.83. The summed E-state index contributed by atoms with van der Waals surface area (Å²) in [5.74, 6) is -0.0283. The van der Waals surface area contributed by atoms with Crippen LogP contribution in [0.15, 0.2) is 45.8 Å². The van der Waals surface area contributed by atoms with Crippen molar-refractivity contribution in [1.29, 1.82) is 0 Å². The van der Waals surface area contributed by atoms with Crippen molar-refractivity contribution in [2.45, 2.75) is 36.8 Å². The van der Waals surface area contributed by atoms with Crippen molar-refractivity contribution < 1.29 is 26.4 Å². The quantitative estimate of drug-likeness (QED) is 0.642. The lowest BCUT2D eigenvalue weighted by atomic mass is 9.84. The molecule has 1 heterocycles. The maximum atomic E-state index is 12.9. The van der Waals surface area contributed by atoms with Crippen LogP contribution in [-0.2, 0) is 27.4 Å². The highest BCUT2D eigenvalue weighted by atomic mass is 79.9. The molecule has 1 saturated carbocycles. The van der Waals surface area contributed by atoms with Gasteiger partial charge in [0.15, 0.2) is 0 Å². The van der Waals surface area contributed by atoms with E-state index in [9.17, 15) is 26.4 Å². The normalized spacial score (nSPS) is 16.9. The zero-order chi connectivity index (χ0) is 21.7. The number of hydrogen-bond acceptors (Lipinski definition) is 3. The summed E-state index contributed by atoms with van der Waals surface area (Å²) in [5.41, 5.74) is 0.250. The molecule has 1 amide bonds. The molecule has 2 aliphatic rings. The van der Waals surface area contributed by atoms with Gasteiger partial charge in [-0.15, -0.1) is 0 Å². The van der Waals surface area contributed by atoms with Crippen LogP contribution in [0.2, 0.25) is 0 Å². The molecule has 1 fully saturated rings. The Morgan fingerprint density at radius 3 is 2.53 bits per heavy atom. The number of rotatable bonds is 4. The van der Waals surface area contributed by atoms with Crippen molar-refractivity contribution in [2.24, 2.45) is 5.92 Å². The molecular formula is C20H18BrF3N2O3S. The Balaban J connectivity index is 1.66. The van der Waals surface area contributed by atoms with Crippen LogP contribution in [0.4, 0.5) is 24.5 Å². The molecule has 160 valence electrons. The topological polar surface area (TPSA) is 66.5 Å². The summed E-state index contributed by atoms with van der Waals surface area (Å²) >= 11 is 3.25. The summed E-state index contributed by atoms with van der Waals surface area (Å²) < 4.78 is 67.2. The molecule has 2 aromatic carbocycles. The fourth-order valence-electron chi connectivity index (χ4n) is 3.67. The molecular weight excluding hydrogens is 485 g/mol. The fraction of sp³-hybridized carbons (Fsp3) is 0.350. The van der Waals surface area contributed by atoms with Crippen molar-refractivity contribution in [3.8, 4) is 0 Å². The van der Waals surface area contributed by atoms with Gasteiger partial charge in [0, 0.05) is 28.3 Å². The Hall–Kier alpha value is -2.07. The molecule has 4 rings (SSSR count). The number of benzene rings is 2. The third-order valence-corrected chi connectivity index (χ3v) is 7.82. The minimum absolute atomic E-state index is 0.00323. The number of hydrogen-bond donors (Lipinski definition) is 1. The van der Waals surface area contributed by atoms with E-state index >= 15 is 0 Å². The SMILES string of the molecule is O=C(C1CCC1)N1CCc2cc(Br)c(S(=O)(=O)Nc3cccc(C(F)(F)F)c3)cc21. The van der Waals surface area contributed by atoms with Gasteiger partial charge in [0.25, 0.3) is 10.0 Å². The number of sulfonamides is 1. The third kappa shape index (κ3) is 3.94. The zero-order valence-electron chi connectivity index (χ0n) is 15.7. The maximum absolute atomic E-state index is 12.9. The number of carbonyl (C=O) groups is 1. The van der Waals surface area contributed by atoms with E-state index in [-0.39, 0.29) is 22.4 Å². The van der Waals surface area contributed by atoms with E-state index < -0.39 is 21.8 Å². The van der Waals surface area contributed by atoms with Crippen LogP contribution in [0.5, 0.6) is 0 Å². The highest BCUT2D eigenvalue weighted by molar-refractivity contribution is 9.10. The molecule has 0 saturated heterocycles. The predicted octanol–water partition coefficient (Wildman–Crippen LogP) is 4.96. The Labute approximate surface area is 180 Å². The number of carbonyl (C=O) groups excluding carboxylic acids is 1. The van der Waals surface area contributed by atoms with Crippen molar-refractivity contribution in [2.75, 3.05) is 16.2 Å². The highest BCUT2D eigenvalue weighted by Gasteiger charge is 2.35. The lowest BCUT2D eigenvalue weighted by Gasteiger charge is -2.29. The lowest BCUT2D eigenvalue weighted by molar-refractivity contribution is -0.137. The Morgan fingerprint density at radius 1 is 1.17 bits per heavy atom. The largest absolute Gasteiger partial charge is 0.416 e. The number of halogens is 4. The Morgan fingerprint density at radius 2 is 1.90 bits per heavy atom. The van der Waals surface area contributed by atoms with Crippen LogP contribution < -0.4 is 9.62 Å². The maximum Gasteiger partial charge on any atom is 0.416 e. The first-order valence-electron chi connectivity index (χ1n) is 9.40. The van der Waals surface area contributed by atoms with Gasteiger partial charge in [-0.25, -0.2) is 8.42 Å². The Bertz CT molecular complexity index is 1110. The van der Waals surface area contributed by atoms with Crippen molar-refractivity contribution in [3.63, 3.8) is 0 Å². The summed E-state index contributed by atoms with van der Waals surface area (Å²) in [4.78, 5) is 14.2. The first kappa shape index (κ1) is 21.2. The van der Waals surface area contributed by atoms with Crippen LogP contribution >= 0.6 is 15.9 Å². The van der Waals surface area contributed by atoms with Crippen molar-refractivity contribution in [1.82, 2.24) is 0 Å². The van der Waals surface area contributed by atoms with Gasteiger partial charge in [-0.1, -0.05) is 12.5 Å². The van der Waals surface area contributed by atoms with E-state index in [4.69, 9.17) is 0 Å². The summed E-state index contributed by atoms with van der Waals surface area (Å²) in [5, 5.41) is 0. The van der Waals surface area contributed by atoms with Gasteiger partial charge in [-0.05, 0) is 71.1 Å². The van der Waals surface area contributed by atoms with E-state index in [1.807, 2.05) is 0 Å². The monoisotopic (exact) mass is 502 g/mol. The molecule has 0 bridgehead atoms. The first-order valence-corrected chi connectivity index (χ1v) is 11.7. The second-order valence-corrected chi connectivity index (χ2v) is 9.97. The molecule has 5 nitrogen and oxygen atoms in total. The predicted molar refractivity (Wildman–Crippen MR) is 110 cm³/mol. The molecule has 2 aromatic rings. The van der Waals surface area contributed by atoms with Gasteiger partial charge < -0.3 is 4.90 Å². The minimum Gasteiger partial charge on any atom is -0.312 e. The Kier molecular flexibility index (Phi) is 5.34. The molecule has 0 aromatic heterocycles. The summed E-state index contributed by atoms with van der Waals surface area (Å²) in [6.45, 7) is 0.488. The van der Waals surface area contributed by atoms with Gasteiger partial charge in [0.1, 0.15) is 4.90 Å². The molecule has 0 unspecified atom stereocenters. The molecule has 1 aliphatic heterocycles. The van der Waals surface area contributed by atoms with Gasteiger partial charge in [-0.2, -0.15) is 13.2 Å². The highest BCUT2D eigenvalue weighted by Crippen LogP contribution is 2.39. The van der Waals surface area contributed by atoms with Crippen molar-refractivity contribution in [3.05, 3.63) is 52.0 Å². The van der Waals surface area contributed by atoms with Crippen LogP contribution in [-0.4, -0.2) is 20.9 Å². The van der Waals surface area contributed by atoms with E-state index in [0.29, 0.717) is 23.1 Å². The standard InChI is InChI=1S/C20H18BrF3N2O3S/c21-16-9-13-7-8-26(19(27)12-3-1-4-12)17(13)11-18(16)30(28,29)25-15-6-2-5-14(10-15)20(22,23)24/h2,5-6,9-12,25H,1,3-4,7-8H2. The number of nitrogens with one attached hydrogen (secondary N) is 1. The molecule has 10 heteroatoms. The van der Waals surface area contributed by atoms with E-state index in [0.717, 1.165) is 43.0 Å². The van der Waals surface area contributed by atoms with Crippen molar-refractivity contribution >= 4 is 43.2 Å². The first-order chi connectivity index (χ1) is 14.1. The number of fused-ring (bicyclic) bond motifs is 1. The van der Waals surface area contributed by atoms with Gasteiger partial charge in [0.05, 0.1) is 5.56 Å². The summed E-state index contributed by atoms with van der Waals surface area (Å²) in [6, 6.07) is 7.07. The number of anilines is 2. The zero-order valence-corrected chi connectivity index (χ0v) is 18.1. The molecule has 1 aliphatic carbocycles. The van der Waals surface area contributed by atoms with Gasteiger partial charge >= 0.3 is 6.18 Å². The average Bonchev–Trinajstić information content (AvgIpc) is 3.01. The number of alkyl halides is 3. The molecule has 30 heavy (non-hydrogen) atoms. The molecule has 0 atom stereocenters. The van der Waals surface area contributed by atoms with Crippen LogP contribution in [0.1, 0.15) is 30.4 Å². The van der Waals surface area contributed by atoms with E-state index in [1.54, 1.807) is 11.0 Å². The summed E-state index contributed by atoms with van der Waals surface area (Å²) in [7, 11) is -4.19. The van der Waals surface area contributed by atoms with Gasteiger partial charge in [0.2, 0.25) is 5.91 Å². The second-order valence-electron chi connectivity index (χ2n) is 7.46. The second kappa shape index (κ2) is 7.56. The smallest absolute Gasteiger partial charge is 0.312 e. The van der Waals surface area contributed by atoms with Crippen LogP contribution in [0.25, 0.3) is 0 Å². The number of amides is 1. The lowest BCUT2D eigenvalue weighted by Crippen LogP contribution is -2.37. The van der Waals surface area contributed by atoms with E-state index in [1.165, 1.54) is 12.1 Å². The van der Waals surface area contributed by atoms with Crippen LogP contribution in [0.3, 0.4) is 0 Å².